The van der Waals surface area contributed by atoms with Crippen molar-refractivity contribution in [2.45, 2.75) is 24.9 Å². The summed E-state index contributed by atoms with van der Waals surface area (Å²) in [5.74, 6) is 2.46. The maximum absolute atomic E-state index is 3.52. The van der Waals surface area contributed by atoms with Crippen LogP contribution in [0.4, 0.5) is 0 Å². The lowest BCUT2D eigenvalue weighted by atomic mass is 10.1. The zero-order valence-corrected chi connectivity index (χ0v) is 6.91. The van der Waals surface area contributed by atoms with Gasteiger partial charge in [-0.05, 0) is 19.4 Å². The molecule has 2 unspecified atom stereocenters. The number of hydrogen-bond acceptors (Lipinski definition) is 3. The summed E-state index contributed by atoms with van der Waals surface area (Å²) in [5.41, 5.74) is 0. The quantitative estimate of drug-likeness (QED) is 0.577. The predicted octanol–water partition coefficient (Wildman–Crippen LogP) is 0.401. The Balaban J connectivity index is 1.85. The molecule has 0 radical (unpaired) electrons. The third-order valence-electron chi connectivity index (χ3n) is 2.33. The lowest BCUT2D eigenvalue weighted by Gasteiger charge is -2.17. The summed E-state index contributed by atoms with van der Waals surface area (Å²) >= 11 is 2.02. The topological polar surface area (TPSA) is 24.1 Å². The summed E-state index contributed by atoms with van der Waals surface area (Å²) in [6, 6.07) is 1.53. The lowest BCUT2D eigenvalue weighted by Crippen LogP contribution is -2.42. The molecule has 2 heterocycles. The predicted molar refractivity (Wildman–Crippen MR) is 45.3 cm³/mol. The van der Waals surface area contributed by atoms with Crippen molar-refractivity contribution in [3.05, 3.63) is 0 Å². The zero-order chi connectivity index (χ0) is 6.81. The molecule has 0 bridgehead atoms. The largest absolute Gasteiger partial charge is 0.312 e. The highest BCUT2D eigenvalue weighted by atomic mass is 32.2. The van der Waals surface area contributed by atoms with Crippen LogP contribution in [-0.4, -0.2) is 30.3 Å². The van der Waals surface area contributed by atoms with Crippen LogP contribution in [0, 0.1) is 0 Å². The van der Waals surface area contributed by atoms with E-state index in [2.05, 4.69) is 10.6 Å². The van der Waals surface area contributed by atoms with Gasteiger partial charge in [-0.2, -0.15) is 0 Å². The van der Waals surface area contributed by atoms with Crippen molar-refractivity contribution in [3.8, 4) is 0 Å². The van der Waals surface area contributed by atoms with E-state index in [0.29, 0.717) is 0 Å². The molecule has 0 spiro atoms. The molecule has 2 atom stereocenters. The van der Waals surface area contributed by atoms with Crippen LogP contribution in [0.2, 0.25) is 0 Å². The average molecular weight is 158 g/mol. The van der Waals surface area contributed by atoms with Crippen LogP contribution in [0.5, 0.6) is 0 Å². The Morgan fingerprint density at radius 3 is 2.80 bits per heavy atom. The van der Waals surface area contributed by atoms with Crippen LogP contribution in [0.3, 0.4) is 0 Å². The van der Waals surface area contributed by atoms with Crippen LogP contribution >= 0.6 is 11.8 Å². The van der Waals surface area contributed by atoms with E-state index >= 15 is 0 Å². The fraction of sp³-hybridized carbons (Fsp3) is 1.00. The Bertz CT molecular complexity index is 92.2. The van der Waals surface area contributed by atoms with Gasteiger partial charge in [-0.1, -0.05) is 0 Å². The molecular weight excluding hydrogens is 144 g/mol. The maximum atomic E-state index is 3.52. The first-order chi connectivity index (χ1) is 4.97. The third-order valence-corrected chi connectivity index (χ3v) is 3.29. The molecule has 0 saturated carbocycles. The molecule has 2 fully saturated rings. The minimum atomic E-state index is 0.757. The number of hydrogen-bond donors (Lipinski definition) is 2. The van der Waals surface area contributed by atoms with E-state index in [0.717, 1.165) is 18.0 Å². The fourth-order valence-electron chi connectivity index (χ4n) is 1.72. The summed E-state index contributed by atoms with van der Waals surface area (Å²) in [6.45, 7) is 1.23. The molecule has 58 valence electrons. The van der Waals surface area contributed by atoms with Gasteiger partial charge in [0.2, 0.25) is 0 Å². The van der Waals surface area contributed by atoms with E-state index < -0.39 is 0 Å². The van der Waals surface area contributed by atoms with Crippen LogP contribution in [0.15, 0.2) is 0 Å². The maximum Gasteiger partial charge on any atom is 0.0421 e. The molecule has 2 nitrogen and oxygen atoms in total. The van der Waals surface area contributed by atoms with E-state index in [9.17, 15) is 0 Å². The van der Waals surface area contributed by atoms with E-state index in [1.54, 1.807) is 0 Å². The zero-order valence-electron chi connectivity index (χ0n) is 6.10. The second-order valence-corrected chi connectivity index (χ2v) is 4.06. The minimum Gasteiger partial charge on any atom is -0.312 e. The molecule has 0 amide bonds. The van der Waals surface area contributed by atoms with Crippen LogP contribution in [0.1, 0.15) is 12.8 Å². The third kappa shape index (κ3) is 1.31. The van der Waals surface area contributed by atoms with Gasteiger partial charge in [0.05, 0.1) is 0 Å². The van der Waals surface area contributed by atoms with Gasteiger partial charge < -0.3 is 10.6 Å². The standard InChI is InChI=1S/C7H14N2S/c1-2-6(8-3-1)7-4-10-5-9-7/h6-9H,1-5H2. The Hall–Kier alpha value is 0.270. The van der Waals surface area contributed by atoms with Crippen LogP contribution < -0.4 is 10.6 Å². The first-order valence-corrected chi connectivity index (χ1v) is 5.17. The highest BCUT2D eigenvalue weighted by Gasteiger charge is 2.26. The van der Waals surface area contributed by atoms with Crippen molar-refractivity contribution in [2.24, 2.45) is 0 Å². The Labute approximate surface area is 66.1 Å². The summed E-state index contributed by atoms with van der Waals surface area (Å²) in [6.07, 6.45) is 2.74. The fourth-order valence-corrected chi connectivity index (χ4v) is 2.78. The Morgan fingerprint density at radius 2 is 2.20 bits per heavy atom. The average Bonchev–Trinajstić information content (AvgIpc) is 2.59. The number of rotatable bonds is 1. The van der Waals surface area contributed by atoms with Gasteiger partial charge in [-0.3, -0.25) is 0 Å². The molecule has 2 aliphatic rings. The van der Waals surface area contributed by atoms with E-state index in [1.165, 1.54) is 25.1 Å². The molecule has 2 saturated heterocycles. The van der Waals surface area contributed by atoms with Crippen molar-refractivity contribution in [1.82, 2.24) is 10.6 Å². The Kier molecular flexibility index (Phi) is 2.16. The van der Waals surface area contributed by atoms with Crippen LogP contribution in [0.25, 0.3) is 0 Å². The van der Waals surface area contributed by atoms with E-state index in [1.807, 2.05) is 11.8 Å². The van der Waals surface area contributed by atoms with Crippen molar-refractivity contribution in [1.29, 1.82) is 0 Å². The smallest absolute Gasteiger partial charge is 0.0421 e. The first-order valence-electron chi connectivity index (χ1n) is 4.01. The minimum absolute atomic E-state index is 0.757. The van der Waals surface area contributed by atoms with E-state index in [-0.39, 0.29) is 0 Å². The van der Waals surface area contributed by atoms with Gasteiger partial charge >= 0.3 is 0 Å². The van der Waals surface area contributed by atoms with Gasteiger partial charge in [0.25, 0.3) is 0 Å². The molecule has 2 N–H and O–H groups in total. The highest BCUT2D eigenvalue weighted by molar-refractivity contribution is 7.99. The van der Waals surface area contributed by atoms with Gasteiger partial charge in [-0.15, -0.1) is 11.8 Å². The highest BCUT2D eigenvalue weighted by Crippen LogP contribution is 2.17. The first kappa shape index (κ1) is 6.95. The second-order valence-electron chi connectivity index (χ2n) is 3.03. The summed E-state index contributed by atoms with van der Waals surface area (Å²) in [5, 5.41) is 7.02. The van der Waals surface area contributed by atoms with Gasteiger partial charge in [0, 0.05) is 23.7 Å². The molecule has 2 rings (SSSR count). The lowest BCUT2D eigenvalue weighted by molar-refractivity contribution is 0.467. The van der Waals surface area contributed by atoms with Gasteiger partial charge in [0.1, 0.15) is 0 Å². The summed E-state index contributed by atoms with van der Waals surface area (Å²) in [7, 11) is 0. The molecule has 0 aliphatic carbocycles. The van der Waals surface area contributed by atoms with Gasteiger partial charge in [-0.25, -0.2) is 0 Å². The van der Waals surface area contributed by atoms with Crippen molar-refractivity contribution in [3.63, 3.8) is 0 Å². The molecule has 0 aromatic heterocycles. The van der Waals surface area contributed by atoms with Crippen LogP contribution in [-0.2, 0) is 0 Å². The Morgan fingerprint density at radius 1 is 1.20 bits per heavy atom. The van der Waals surface area contributed by atoms with Crippen molar-refractivity contribution < 1.29 is 0 Å². The second kappa shape index (κ2) is 3.11. The van der Waals surface area contributed by atoms with Crippen molar-refractivity contribution >= 4 is 11.8 Å². The number of nitrogens with one attached hydrogen (secondary N) is 2. The molecule has 2 aliphatic heterocycles. The summed E-state index contributed by atoms with van der Waals surface area (Å²) in [4.78, 5) is 0. The normalized spacial score (nSPS) is 40.8. The molecule has 3 heteroatoms. The number of thioether (sulfide) groups is 1. The molecular formula is C7H14N2S. The molecule has 10 heavy (non-hydrogen) atoms. The van der Waals surface area contributed by atoms with Crippen molar-refractivity contribution in [2.75, 3.05) is 18.2 Å². The molecule has 0 aromatic rings. The van der Waals surface area contributed by atoms with Gasteiger partial charge in [0.15, 0.2) is 0 Å². The summed E-state index contributed by atoms with van der Waals surface area (Å²) < 4.78 is 0. The monoisotopic (exact) mass is 158 g/mol. The van der Waals surface area contributed by atoms with E-state index in [4.69, 9.17) is 0 Å². The SMILES string of the molecule is C1CNC(C2CSCN2)C1. The molecule has 0 aromatic carbocycles.